The number of benzene rings is 1. The average Bonchev–Trinajstić information content (AvgIpc) is 2.46. The fraction of sp³-hybridized carbons (Fsp3) is 0.562. The predicted octanol–water partition coefficient (Wildman–Crippen LogP) is 2.70. The molecule has 0 spiro atoms. The molecule has 1 aromatic carbocycles. The summed E-state index contributed by atoms with van der Waals surface area (Å²) >= 11 is 0. The summed E-state index contributed by atoms with van der Waals surface area (Å²) in [6.45, 7) is 2.47. The Morgan fingerprint density at radius 2 is 1.89 bits per heavy atom. The number of nitrogens with zero attached hydrogens (tertiary/aromatic N) is 1. The monoisotopic (exact) mass is 260 g/mol. The van der Waals surface area contributed by atoms with Crippen molar-refractivity contribution >= 4 is 5.91 Å². The summed E-state index contributed by atoms with van der Waals surface area (Å²) in [4.78, 5) is 14.3. The van der Waals surface area contributed by atoms with Crippen LogP contribution in [0.2, 0.25) is 0 Å². The highest BCUT2D eigenvalue weighted by molar-refractivity contribution is 5.81. The normalized spacial score (nSPS) is 18.0. The molecule has 1 fully saturated rings. The van der Waals surface area contributed by atoms with Crippen molar-refractivity contribution < 1.29 is 4.79 Å². The van der Waals surface area contributed by atoms with Gasteiger partial charge in [-0.3, -0.25) is 4.79 Å². The number of rotatable bonds is 4. The van der Waals surface area contributed by atoms with Crippen molar-refractivity contribution in [2.24, 2.45) is 5.73 Å². The molecule has 1 aromatic rings. The third-order valence-electron chi connectivity index (χ3n) is 3.88. The molecule has 104 valence electrons. The van der Waals surface area contributed by atoms with E-state index in [-0.39, 0.29) is 5.91 Å². The lowest BCUT2D eigenvalue weighted by molar-refractivity contribution is -0.136. The lowest BCUT2D eigenvalue weighted by Crippen LogP contribution is -2.47. The maximum absolute atomic E-state index is 12.3. The number of carbonyl (C=O) groups excluding carboxylic acids is 1. The average molecular weight is 260 g/mol. The SMILES string of the molecule is C[C@H](N)C(=O)N(Cc1ccccc1)C1CCCCC1. The molecule has 0 unspecified atom stereocenters. The van der Waals surface area contributed by atoms with E-state index in [1.165, 1.54) is 24.8 Å². The Morgan fingerprint density at radius 1 is 1.26 bits per heavy atom. The molecule has 3 heteroatoms. The first-order chi connectivity index (χ1) is 9.18. The van der Waals surface area contributed by atoms with Gasteiger partial charge in [-0.05, 0) is 25.3 Å². The van der Waals surface area contributed by atoms with Crippen LogP contribution in [0.4, 0.5) is 0 Å². The molecule has 0 saturated heterocycles. The first-order valence-corrected chi connectivity index (χ1v) is 7.28. The van der Waals surface area contributed by atoms with Gasteiger partial charge >= 0.3 is 0 Å². The van der Waals surface area contributed by atoms with Gasteiger partial charge in [0.1, 0.15) is 0 Å². The van der Waals surface area contributed by atoms with E-state index in [2.05, 4.69) is 12.1 Å². The Kier molecular flexibility index (Phi) is 4.97. The molecule has 1 saturated carbocycles. The number of nitrogens with two attached hydrogens (primary N) is 1. The van der Waals surface area contributed by atoms with Crippen molar-refractivity contribution in [3.63, 3.8) is 0 Å². The molecule has 2 N–H and O–H groups in total. The molecule has 0 heterocycles. The summed E-state index contributed by atoms with van der Waals surface area (Å²) in [6.07, 6.45) is 5.98. The minimum absolute atomic E-state index is 0.0794. The second-order valence-electron chi connectivity index (χ2n) is 5.53. The van der Waals surface area contributed by atoms with Crippen LogP contribution in [0.1, 0.15) is 44.6 Å². The van der Waals surface area contributed by atoms with E-state index in [1.807, 2.05) is 23.1 Å². The topological polar surface area (TPSA) is 46.3 Å². The van der Waals surface area contributed by atoms with Gasteiger partial charge < -0.3 is 10.6 Å². The van der Waals surface area contributed by atoms with Crippen LogP contribution < -0.4 is 5.73 Å². The third kappa shape index (κ3) is 3.80. The molecule has 0 aliphatic heterocycles. The molecule has 0 radical (unpaired) electrons. The minimum atomic E-state index is -0.411. The molecule has 3 nitrogen and oxygen atoms in total. The number of hydrogen-bond acceptors (Lipinski definition) is 2. The predicted molar refractivity (Wildman–Crippen MR) is 77.5 cm³/mol. The fourth-order valence-corrected chi connectivity index (χ4v) is 2.82. The molecule has 0 bridgehead atoms. The zero-order valence-corrected chi connectivity index (χ0v) is 11.7. The summed E-state index contributed by atoms with van der Waals surface area (Å²) in [5, 5.41) is 0. The lowest BCUT2D eigenvalue weighted by Gasteiger charge is -2.35. The van der Waals surface area contributed by atoms with Gasteiger partial charge in [0.25, 0.3) is 0 Å². The van der Waals surface area contributed by atoms with Crippen LogP contribution in [-0.4, -0.2) is 22.9 Å². The summed E-state index contributed by atoms with van der Waals surface area (Å²) in [5.41, 5.74) is 6.99. The van der Waals surface area contributed by atoms with Crippen molar-refractivity contribution in [2.45, 2.75) is 57.7 Å². The molecular weight excluding hydrogens is 236 g/mol. The van der Waals surface area contributed by atoms with Gasteiger partial charge in [0.2, 0.25) is 5.91 Å². The van der Waals surface area contributed by atoms with Gasteiger partial charge in [-0.2, -0.15) is 0 Å². The highest BCUT2D eigenvalue weighted by atomic mass is 16.2. The zero-order valence-electron chi connectivity index (χ0n) is 11.7. The summed E-state index contributed by atoms with van der Waals surface area (Å²) in [7, 11) is 0. The molecule has 1 amide bonds. The minimum Gasteiger partial charge on any atom is -0.334 e. The van der Waals surface area contributed by atoms with Crippen LogP contribution >= 0.6 is 0 Å². The van der Waals surface area contributed by atoms with Crippen LogP contribution in [0, 0.1) is 0 Å². The maximum Gasteiger partial charge on any atom is 0.239 e. The zero-order chi connectivity index (χ0) is 13.7. The quantitative estimate of drug-likeness (QED) is 0.904. The highest BCUT2D eigenvalue weighted by Gasteiger charge is 2.27. The van der Waals surface area contributed by atoms with E-state index in [0.717, 1.165) is 12.8 Å². The largest absolute Gasteiger partial charge is 0.334 e. The summed E-state index contributed by atoms with van der Waals surface area (Å²) in [6, 6.07) is 10.1. The van der Waals surface area contributed by atoms with E-state index >= 15 is 0 Å². The second-order valence-corrected chi connectivity index (χ2v) is 5.53. The number of amides is 1. The Hall–Kier alpha value is -1.35. The van der Waals surface area contributed by atoms with Crippen LogP contribution in [0.3, 0.4) is 0 Å². The summed E-state index contributed by atoms with van der Waals surface area (Å²) in [5.74, 6) is 0.0794. The first-order valence-electron chi connectivity index (χ1n) is 7.28. The third-order valence-corrected chi connectivity index (χ3v) is 3.88. The number of hydrogen-bond donors (Lipinski definition) is 1. The van der Waals surface area contributed by atoms with Crippen LogP contribution in [0.25, 0.3) is 0 Å². The van der Waals surface area contributed by atoms with E-state index < -0.39 is 6.04 Å². The Labute approximate surface area is 115 Å². The summed E-state index contributed by atoms with van der Waals surface area (Å²) < 4.78 is 0. The van der Waals surface area contributed by atoms with E-state index in [1.54, 1.807) is 6.92 Å². The molecule has 19 heavy (non-hydrogen) atoms. The van der Waals surface area contributed by atoms with Gasteiger partial charge in [0.15, 0.2) is 0 Å². The van der Waals surface area contributed by atoms with Gasteiger partial charge in [0, 0.05) is 12.6 Å². The Morgan fingerprint density at radius 3 is 2.47 bits per heavy atom. The standard InChI is InChI=1S/C16H24N2O/c1-13(17)16(19)18(15-10-6-3-7-11-15)12-14-8-4-2-5-9-14/h2,4-5,8-9,13,15H,3,6-7,10-12,17H2,1H3/t13-/m0/s1. The van der Waals surface area contributed by atoms with Crippen molar-refractivity contribution in [1.29, 1.82) is 0 Å². The first kappa shape index (κ1) is 14.1. The van der Waals surface area contributed by atoms with Crippen LogP contribution in [-0.2, 0) is 11.3 Å². The maximum atomic E-state index is 12.3. The van der Waals surface area contributed by atoms with Gasteiger partial charge in [-0.1, -0.05) is 49.6 Å². The van der Waals surface area contributed by atoms with Crippen molar-refractivity contribution in [2.75, 3.05) is 0 Å². The molecule has 1 aliphatic carbocycles. The van der Waals surface area contributed by atoms with Gasteiger partial charge in [0.05, 0.1) is 6.04 Å². The molecular formula is C16H24N2O. The molecule has 1 atom stereocenters. The van der Waals surface area contributed by atoms with Gasteiger partial charge in [-0.15, -0.1) is 0 Å². The van der Waals surface area contributed by atoms with E-state index in [4.69, 9.17) is 5.73 Å². The van der Waals surface area contributed by atoms with Gasteiger partial charge in [-0.25, -0.2) is 0 Å². The van der Waals surface area contributed by atoms with E-state index in [0.29, 0.717) is 12.6 Å². The molecule has 1 aliphatic rings. The second kappa shape index (κ2) is 6.71. The van der Waals surface area contributed by atoms with Crippen molar-refractivity contribution in [1.82, 2.24) is 4.90 Å². The highest BCUT2D eigenvalue weighted by Crippen LogP contribution is 2.24. The van der Waals surface area contributed by atoms with Crippen LogP contribution in [0.15, 0.2) is 30.3 Å². The lowest BCUT2D eigenvalue weighted by atomic mass is 9.93. The van der Waals surface area contributed by atoms with E-state index in [9.17, 15) is 4.79 Å². The smallest absolute Gasteiger partial charge is 0.239 e. The van der Waals surface area contributed by atoms with Crippen LogP contribution in [0.5, 0.6) is 0 Å². The fourth-order valence-electron chi connectivity index (χ4n) is 2.82. The molecule has 2 rings (SSSR count). The Bertz CT molecular complexity index is 396. The Balaban J connectivity index is 2.11. The number of carbonyl (C=O) groups is 1. The molecule has 0 aromatic heterocycles. The van der Waals surface area contributed by atoms with Crippen molar-refractivity contribution in [3.05, 3.63) is 35.9 Å². The van der Waals surface area contributed by atoms with Crippen molar-refractivity contribution in [3.8, 4) is 0 Å².